The van der Waals surface area contributed by atoms with Crippen molar-refractivity contribution in [2.45, 2.75) is 60.5 Å². The number of thiol groups is 1. The summed E-state index contributed by atoms with van der Waals surface area (Å²) < 4.78 is 5.89. The van der Waals surface area contributed by atoms with Crippen LogP contribution in [0.4, 0.5) is 0 Å². The normalized spacial score (nSPS) is 13.8. The molecule has 10 heteroatoms. The van der Waals surface area contributed by atoms with Gasteiger partial charge >= 0.3 is 0 Å². The molecule has 32 heavy (non-hydrogen) atoms. The SMILES string of the molecule is CC.CC(=O)NCC(C)(C)OCCC(C)(C)CN(N)/C=C(\N)CN1C(=O)C=CC1=O.CS. The lowest BCUT2D eigenvalue weighted by Crippen LogP contribution is -2.41. The first-order valence-corrected chi connectivity index (χ1v) is 11.5. The van der Waals surface area contributed by atoms with Crippen molar-refractivity contribution in [3.63, 3.8) is 0 Å². The smallest absolute Gasteiger partial charge is 0.253 e. The number of imide groups is 1. The standard InChI is InChI=1S/C19H33N5O4.C2H6.CH4S/c1-14(25)22-12-19(4,5)28-9-8-18(2,3)13-23(21)10-15(20)11-24-16(26)6-7-17(24)27;2*1-2/h6-7,10H,8-9,11-13,20-21H2,1-5H3,(H,22,25);1-2H3;2H,1H3/b15-10-;;. The average molecular weight is 474 g/mol. The van der Waals surface area contributed by atoms with Gasteiger partial charge in [0.1, 0.15) is 0 Å². The van der Waals surface area contributed by atoms with Gasteiger partial charge < -0.3 is 20.8 Å². The molecule has 1 aliphatic rings. The van der Waals surface area contributed by atoms with E-state index in [9.17, 15) is 14.4 Å². The predicted molar refractivity (Wildman–Crippen MR) is 132 cm³/mol. The molecule has 0 unspecified atom stereocenters. The van der Waals surface area contributed by atoms with Crippen LogP contribution in [0.3, 0.4) is 0 Å². The minimum absolute atomic E-state index is 0.000749. The number of amides is 3. The van der Waals surface area contributed by atoms with E-state index in [-0.39, 0.29) is 29.7 Å². The fourth-order valence-electron chi connectivity index (χ4n) is 2.63. The lowest BCUT2D eigenvalue weighted by molar-refractivity contribution is -0.136. The zero-order valence-corrected chi connectivity index (χ0v) is 21.8. The van der Waals surface area contributed by atoms with Crippen molar-refractivity contribution in [2.75, 3.05) is 32.5 Å². The van der Waals surface area contributed by atoms with Crippen LogP contribution in [0.25, 0.3) is 0 Å². The van der Waals surface area contributed by atoms with Crippen molar-refractivity contribution in [3.05, 3.63) is 24.0 Å². The Morgan fingerprint density at radius 2 is 1.69 bits per heavy atom. The molecule has 0 saturated carbocycles. The van der Waals surface area contributed by atoms with Gasteiger partial charge in [0.15, 0.2) is 0 Å². The Labute approximate surface area is 199 Å². The molecule has 0 aliphatic carbocycles. The Morgan fingerprint density at radius 3 is 2.16 bits per heavy atom. The van der Waals surface area contributed by atoms with Crippen molar-refractivity contribution in [1.82, 2.24) is 15.2 Å². The van der Waals surface area contributed by atoms with E-state index in [0.717, 1.165) is 11.3 Å². The number of carbonyl (C=O) groups is 3. The number of nitrogens with zero attached hydrogens (tertiary/aromatic N) is 2. The van der Waals surface area contributed by atoms with Crippen LogP contribution in [-0.4, -0.2) is 65.7 Å². The summed E-state index contributed by atoms with van der Waals surface area (Å²) in [5, 5.41) is 4.21. The first-order valence-electron chi connectivity index (χ1n) is 10.7. The van der Waals surface area contributed by atoms with Gasteiger partial charge in [0.2, 0.25) is 5.91 Å². The number of nitrogens with two attached hydrogens (primary N) is 2. The fraction of sp³-hybridized carbons (Fsp3) is 0.682. The van der Waals surface area contributed by atoms with E-state index in [0.29, 0.717) is 25.4 Å². The van der Waals surface area contributed by atoms with Gasteiger partial charge in [-0.05, 0) is 31.9 Å². The Kier molecular flexibility index (Phi) is 15.8. The number of carbonyl (C=O) groups excluding carboxylic acids is 3. The third-order valence-electron chi connectivity index (χ3n) is 4.22. The molecule has 0 radical (unpaired) electrons. The van der Waals surface area contributed by atoms with Crippen LogP contribution in [0.15, 0.2) is 24.0 Å². The molecule has 186 valence electrons. The highest BCUT2D eigenvalue weighted by Crippen LogP contribution is 2.22. The van der Waals surface area contributed by atoms with Crippen LogP contribution in [0.1, 0.15) is 54.9 Å². The largest absolute Gasteiger partial charge is 0.399 e. The molecule has 9 nitrogen and oxygen atoms in total. The summed E-state index contributed by atoms with van der Waals surface area (Å²) in [4.78, 5) is 35.2. The molecule has 0 saturated heterocycles. The van der Waals surface area contributed by atoms with Crippen LogP contribution in [-0.2, 0) is 19.1 Å². The van der Waals surface area contributed by atoms with Gasteiger partial charge in [0.25, 0.3) is 11.8 Å². The summed E-state index contributed by atoms with van der Waals surface area (Å²) in [6.45, 7) is 14.9. The van der Waals surface area contributed by atoms with Crippen molar-refractivity contribution >= 4 is 30.4 Å². The third-order valence-corrected chi connectivity index (χ3v) is 4.22. The maximum absolute atomic E-state index is 11.6. The summed E-state index contributed by atoms with van der Waals surface area (Å²) in [7, 11) is 0. The van der Waals surface area contributed by atoms with Gasteiger partial charge in [-0.15, -0.1) is 0 Å². The zero-order valence-electron chi connectivity index (χ0n) is 20.9. The Morgan fingerprint density at radius 1 is 1.19 bits per heavy atom. The fourth-order valence-corrected chi connectivity index (χ4v) is 2.63. The van der Waals surface area contributed by atoms with Crippen LogP contribution in [0.5, 0.6) is 0 Å². The number of hydrazine groups is 1. The van der Waals surface area contributed by atoms with Gasteiger partial charge in [-0.2, -0.15) is 12.6 Å². The summed E-state index contributed by atoms with van der Waals surface area (Å²) in [5.74, 6) is 5.17. The monoisotopic (exact) mass is 473 g/mol. The minimum Gasteiger partial charge on any atom is -0.399 e. The number of nitrogens with one attached hydrogen (secondary N) is 1. The Hall–Kier alpha value is -2.04. The van der Waals surface area contributed by atoms with E-state index in [1.54, 1.807) is 6.26 Å². The van der Waals surface area contributed by atoms with Gasteiger partial charge in [-0.1, -0.05) is 27.7 Å². The Balaban J connectivity index is 0. The van der Waals surface area contributed by atoms with Crippen molar-refractivity contribution in [2.24, 2.45) is 17.0 Å². The molecule has 0 atom stereocenters. The summed E-state index contributed by atoms with van der Waals surface area (Å²) >= 11 is 3.53. The first kappa shape index (κ1) is 32.1. The van der Waals surface area contributed by atoms with Gasteiger partial charge in [-0.25, -0.2) is 5.84 Å². The van der Waals surface area contributed by atoms with Gasteiger partial charge in [0, 0.05) is 50.7 Å². The molecule has 0 spiro atoms. The number of hydrogen-bond donors (Lipinski definition) is 4. The van der Waals surface area contributed by atoms with E-state index in [1.165, 1.54) is 30.3 Å². The van der Waals surface area contributed by atoms with E-state index >= 15 is 0 Å². The summed E-state index contributed by atoms with van der Waals surface area (Å²) in [5.41, 5.74) is 5.60. The minimum atomic E-state index is -0.461. The van der Waals surface area contributed by atoms with Crippen LogP contribution >= 0.6 is 12.6 Å². The maximum Gasteiger partial charge on any atom is 0.253 e. The molecule has 1 rings (SSSR count). The van der Waals surface area contributed by atoms with Gasteiger partial charge in [-0.3, -0.25) is 19.3 Å². The molecule has 1 heterocycles. The van der Waals surface area contributed by atoms with Crippen molar-refractivity contribution < 1.29 is 19.1 Å². The topological polar surface area (TPSA) is 131 Å². The quantitative estimate of drug-likeness (QED) is 0.156. The molecule has 3 amide bonds. The number of hydrogen-bond acceptors (Lipinski definition) is 8. The van der Waals surface area contributed by atoms with Crippen molar-refractivity contribution in [3.8, 4) is 0 Å². The second-order valence-corrected chi connectivity index (χ2v) is 8.40. The van der Waals surface area contributed by atoms with E-state index in [1.807, 2.05) is 27.7 Å². The van der Waals surface area contributed by atoms with E-state index in [4.69, 9.17) is 16.3 Å². The summed E-state index contributed by atoms with van der Waals surface area (Å²) in [6.07, 6.45) is 6.39. The summed E-state index contributed by atoms with van der Waals surface area (Å²) in [6, 6.07) is 0. The zero-order chi connectivity index (χ0) is 25.5. The molecule has 1 aliphatic heterocycles. The second-order valence-electron chi connectivity index (χ2n) is 8.40. The molecular weight excluding hydrogens is 430 g/mol. The lowest BCUT2D eigenvalue weighted by atomic mass is 9.89. The Bertz CT molecular complexity index is 645. The van der Waals surface area contributed by atoms with Gasteiger partial charge in [0.05, 0.1) is 12.1 Å². The first-order chi connectivity index (χ1) is 14.8. The van der Waals surface area contributed by atoms with Crippen LogP contribution < -0.4 is 16.9 Å². The van der Waals surface area contributed by atoms with E-state index < -0.39 is 5.60 Å². The van der Waals surface area contributed by atoms with E-state index in [2.05, 4.69) is 31.8 Å². The highest BCUT2D eigenvalue weighted by atomic mass is 32.1. The molecule has 5 N–H and O–H groups in total. The molecule has 0 bridgehead atoms. The van der Waals surface area contributed by atoms with Crippen LogP contribution in [0.2, 0.25) is 0 Å². The lowest BCUT2D eigenvalue weighted by Gasteiger charge is -2.32. The molecule has 0 aromatic rings. The number of ether oxygens (including phenoxy) is 1. The third kappa shape index (κ3) is 14.1. The van der Waals surface area contributed by atoms with Crippen molar-refractivity contribution in [1.29, 1.82) is 0 Å². The average Bonchev–Trinajstić information content (AvgIpc) is 3.00. The highest BCUT2D eigenvalue weighted by molar-refractivity contribution is 7.79. The maximum atomic E-state index is 11.6. The predicted octanol–water partition coefficient (Wildman–Crippen LogP) is 1.81. The van der Waals surface area contributed by atoms with Crippen LogP contribution in [0, 0.1) is 5.41 Å². The second kappa shape index (κ2) is 15.7. The molecule has 0 aromatic carbocycles. The highest BCUT2D eigenvalue weighted by Gasteiger charge is 2.25. The number of rotatable bonds is 11. The molecular formula is C22H43N5O4S. The molecule has 0 aromatic heterocycles. The molecule has 0 fully saturated rings.